The first-order chi connectivity index (χ1) is 12.8. The van der Waals surface area contributed by atoms with Crippen LogP contribution in [0.4, 0.5) is 13.2 Å². The topological polar surface area (TPSA) is 52.7 Å². The molecule has 2 fully saturated rings. The number of hydrogen-bond donors (Lipinski definition) is 1. The first kappa shape index (κ1) is 20.0. The second kappa shape index (κ2) is 7.71. The van der Waals surface area contributed by atoms with Gasteiger partial charge in [0.05, 0.1) is 23.3 Å². The molecule has 0 bridgehead atoms. The van der Waals surface area contributed by atoms with Crippen LogP contribution in [0.3, 0.4) is 0 Å². The Balaban J connectivity index is 1.73. The fourth-order valence-corrected chi connectivity index (χ4v) is 4.17. The molecule has 2 aliphatic rings. The van der Waals surface area contributed by atoms with Crippen LogP contribution in [0, 0.1) is 0 Å². The highest BCUT2D eigenvalue weighted by Crippen LogP contribution is 2.34. The highest BCUT2D eigenvalue weighted by molar-refractivity contribution is 7.98. The lowest BCUT2D eigenvalue weighted by Gasteiger charge is -2.44. The molecule has 148 valence electrons. The molecular weight excluding hydrogens is 379 g/mol. The molecule has 0 unspecified atom stereocenters. The van der Waals surface area contributed by atoms with Crippen molar-refractivity contribution in [3.05, 3.63) is 35.4 Å². The van der Waals surface area contributed by atoms with E-state index in [0.717, 1.165) is 11.8 Å². The summed E-state index contributed by atoms with van der Waals surface area (Å²) in [5, 5.41) is 3.26. The average Bonchev–Trinajstić information content (AvgIpc) is 2.95. The smallest absolute Gasteiger partial charge is 0.338 e. The molecule has 0 atom stereocenters. The van der Waals surface area contributed by atoms with E-state index in [0.29, 0.717) is 32.5 Å². The molecule has 2 heterocycles. The zero-order valence-corrected chi connectivity index (χ0v) is 15.8. The Morgan fingerprint density at radius 2 is 1.93 bits per heavy atom. The van der Waals surface area contributed by atoms with Crippen LogP contribution in [0.15, 0.2) is 24.3 Å². The number of rotatable bonds is 4. The second-order valence-corrected chi connectivity index (χ2v) is 7.74. The summed E-state index contributed by atoms with van der Waals surface area (Å²) in [5.74, 6) is 0.237. The number of nitrogens with one attached hydrogen (secondary N) is 1. The number of likely N-dealkylation sites (tertiary alicyclic amines) is 1. The Bertz CT molecular complexity index is 718. The SMILES string of the molecule is CSCCN1C(=O)CNC12CCN(C(=O)c1ccccc1C(F)(F)F)CC2. The molecule has 9 heteroatoms. The van der Waals surface area contributed by atoms with Crippen LogP contribution < -0.4 is 5.32 Å². The number of alkyl halides is 3. The van der Waals surface area contributed by atoms with Crippen molar-refractivity contribution in [1.82, 2.24) is 15.1 Å². The number of thioether (sulfide) groups is 1. The molecule has 0 radical (unpaired) electrons. The third-order valence-electron chi connectivity index (χ3n) is 5.25. The molecule has 0 aliphatic carbocycles. The number of halogens is 3. The predicted molar refractivity (Wildman–Crippen MR) is 97.4 cm³/mol. The van der Waals surface area contributed by atoms with E-state index >= 15 is 0 Å². The number of benzene rings is 1. The molecule has 5 nitrogen and oxygen atoms in total. The van der Waals surface area contributed by atoms with Gasteiger partial charge in [-0.15, -0.1) is 0 Å². The Kier molecular flexibility index (Phi) is 5.71. The molecule has 2 amide bonds. The van der Waals surface area contributed by atoms with Crippen LogP contribution in [0.2, 0.25) is 0 Å². The minimum Gasteiger partial charge on any atom is -0.338 e. The van der Waals surface area contributed by atoms with E-state index in [2.05, 4.69) is 5.32 Å². The van der Waals surface area contributed by atoms with Gasteiger partial charge in [-0.2, -0.15) is 24.9 Å². The lowest BCUT2D eigenvalue weighted by Crippen LogP contribution is -2.59. The monoisotopic (exact) mass is 401 g/mol. The van der Waals surface area contributed by atoms with E-state index in [1.165, 1.54) is 23.1 Å². The number of hydrogen-bond acceptors (Lipinski definition) is 4. The van der Waals surface area contributed by atoms with E-state index < -0.39 is 23.3 Å². The van der Waals surface area contributed by atoms with Crippen molar-refractivity contribution in [3.8, 4) is 0 Å². The molecule has 27 heavy (non-hydrogen) atoms. The summed E-state index contributed by atoms with van der Waals surface area (Å²) in [4.78, 5) is 28.2. The molecule has 0 aromatic heterocycles. The number of piperidine rings is 1. The maximum absolute atomic E-state index is 13.2. The molecular formula is C18H22F3N3O2S. The van der Waals surface area contributed by atoms with Gasteiger partial charge in [-0.05, 0) is 18.4 Å². The summed E-state index contributed by atoms with van der Waals surface area (Å²) in [5.41, 5.74) is -1.73. The van der Waals surface area contributed by atoms with Crippen LogP contribution in [-0.4, -0.2) is 65.5 Å². The van der Waals surface area contributed by atoms with E-state index in [9.17, 15) is 22.8 Å². The molecule has 0 saturated carbocycles. The van der Waals surface area contributed by atoms with Gasteiger partial charge < -0.3 is 9.80 Å². The van der Waals surface area contributed by atoms with Crippen molar-refractivity contribution < 1.29 is 22.8 Å². The van der Waals surface area contributed by atoms with Crippen LogP contribution in [0.25, 0.3) is 0 Å². The van der Waals surface area contributed by atoms with Crippen molar-refractivity contribution in [3.63, 3.8) is 0 Å². The zero-order valence-electron chi connectivity index (χ0n) is 15.0. The summed E-state index contributed by atoms with van der Waals surface area (Å²) < 4.78 is 39.6. The average molecular weight is 401 g/mol. The van der Waals surface area contributed by atoms with E-state index in [4.69, 9.17) is 0 Å². The quantitative estimate of drug-likeness (QED) is 0.842. The maximum Gasteiger partial charge on any atom is 0.417 e. The third-order valence-corrected chi connectivity index (χ3v) is 5.84. The van der Waals surface area contributed by atoms with Gasteiger partial charge >= 0.3 is 6.18 Å². The minimum atomic E-state index is -4.57. The second-order valence-electron chi connectivity index (χ2n) is 6.76. The molecule has 2 saturated heterocycles. The van der Waals surface area contributed by atoms with Crippen molar-refractivity contribution in [2.75, 3.05) is 38.2 Å². The Morgan fingerprint density at radius 3 is 2.56 bits per heavy atom. The summed E-state index contributed by atoms with van der Waals surface area (Å²) in [6.45, 7) is 1.50. The molecule has 2 aliphatic heterocycles. The van der Waals surface area contributed by atoms with Crippen LogP contribution in [0.5, 0.6) is 0 Å². The van der Waals surface area contributed by atoms with Gasteiger partial charge in [-0.3, -0.25) is 14.9 Å². The minimum absolute atomic E-state index is 0.0336. The van der Waals surface area contributed by atoms with Crippen molar-refractivity contribution in [2.45, 2.75) is 24.7 Å². The molecule has 1 spiro atoms. The van der Waals surface area contributed by atoms with Gasteiger partial charge in [-0.1, -0.05) is 12.1 Å². The lowest BCUT2D eigenvalue weighted by molar-refractivity contribution is -0.138. The Hall–Kier alpha value is -1.74. The third kappa shape index (κ3) is 3.94. The number of carbonyl (C=O) groups excluding carboxylic acids is 2. The van der Waals surface area contributed by atoms with Gasteiger partial charge in [0.25, 0.3) is 5.91 Å². The summed E-state index contributed by atoms with van der Waals surface area (Å²) in [6, 6.07) is 4.87. The van der Waals surface area contributed by atoms with E-state index in [1.807, 2.05) is 11.2 Å². The van der Waals surface area contributed by atoms with Crippen molar-refractivity contribution in [1.29, 1.82) is 0 Å². The van der Waals surface area contributed by atoms with Crippen LogP contribution in [-0.2, 0) is 11.0 Å². The van der Waals surface area contributed by atoms with Crippen LogP contribution in [0.1, 0.15) is 28.8 Å². The Morgan fingerprint density at radius 1 is 1.26 bits per heavy atom. The predicted octanol–water partition coefficient (Wildman–Crippen LogP) is 2.43. The summed E-state index contributed by atoms with van der Waals surface area (Å²) >= 11 is 1.65. The van der Waals surface area contributed by atoms with Gasteiger partial charge in [-0.25, -0.2) is 0 Å². The van der Waals surface area contributed by atoms with Gasteiger partial charge in [0.1, 0.15) is 0 Å². The lowest BCUT2D eigenvalue weighted by atomic mass is 9.95. The standard InChI is InChI=1S/C18H22F3N3O2S/c1-27-11-10-24-15(25)12-22-17(24)6-8-23(9-7-17)16(26)13-4-2-3-5-14(13)18(19,20)21/h2-5,22H,6-12H2,1H3. The van der Waals surface area contributed by atoms with Crippen molar-refractivity contribution in [2.24, 2.45) is 0 Å². The number of amides is 2. The highest BCUT2D eigenvalue weighted by atomic mass is 32.2. The van der Waals surface area contributed by atoms with Gasteiger partial charge in [0, 0.05) is 38.2 Å². The molecule has 1 N–H and O–H groups in total. The fourth-order valence-electron chi connectivity index (χ4n) is 3.80. The largest absolute Gasteiger partial charge is 0.417 e. The van der Waals surface area contributed by atoms with E-state index in [-0.39, 0.29) is 18.0 Å². The summed E-state index contributed by atoms with van der Waals surface area (Å²) in [6.07, 6.45) is -1.59. The molecule has 1 aromatic rings. The molecule has 3 rings (SSSR count). The number of carbonyl (C=O) groups is 2. The first-order valence-electron chi connectivity index (χ1n) is 8.78. The first-order valence-corrected chi connectivity index (χ1v) is 10.2. The normalized spacial score (nSPS) is 19.8. The van der Waals surface area contributed by atoms with Gasteiger partial charge in [0.15, 0.2) is 0 Å². The zero-order chi connectivity index (χ0) is 19.7. The maximum atomic E-state index is 13.2. The molecule has 1 aromatic carbocycles. The summed E-state index contributed by atoms with van der Waals surface area (Å²) in [7, 11) is 0. The number of nitrogens with zero attached hydrogens (tertiary/aromatic N) is 2. The van der Waals surface area contributed by atoms with Crippen LogP contribution >= 0.6 is 11.8 Å². The van der Waals surface area contributed by atoms with E-state index in [1.54, 1.807) is 11.8 Å². The highest BCUT2D eigenvalue weighted by Gasteiger charge is 2.47. The fraction of sp³-hybridized carbons (Fsp3) is 0.556. The van der Waals surface area contributed by atoms with Gasteiger partial charge in [0.2, 0.25) is 5.91 Å². The van der Waals surface area contributed by atoms with Crippen molar-refractivity contribution >= 4 is 23.6 Å². The Labute approximate surface area is 160 Å².